The number of nitrogens with zero attached hydrogens (tertiary/aromatic N) is 2. The SMILES string of the molecule is C=CCc1nc2cc3nc(C(C)C)[nH]c3cc2[nH]1. The van der Waals surface area contributed by atoms with Crippen LogP contribution in [0.3, 0.4) is 0 Å². The topological polar surface area (TPSA) is 57.4 Å². The third-order valence-corrected chi connectivity index (χ3v) is 3.04. The quantitative estimate of drug-likeness (QED) is 0.690. The van der Waals surface area contributed by atoms with Crippen molar-refractivity contribution in [3.05, 3.63) is 36.4 Å². The summed E-state index contributed by atoms with van der Waals surface area (Å²) >= 11 is 0. The number of imidazole rings is 2. The van der Waals surface area contributed by atoms with Crippen LogP contribution in [0.5, 0.6) is 0 Å². The molecular weight excluding hydrogens is 224 g/mol. The van der Waals surface area contributed by atoms with E-state index in [-0.39, 0.29) is 0 Å². The lowest BCUT2D eigenvalue weighted by Gasteiger charge is -1.95. The van der Waals surface area contributed by atoms with Gasteiger partial charge >= 0.3 is 0 Å². The van der Waals surface area contributed by atoms with Crippen molar-refractivity contribution in [3.8, 4) is 0 Å². The molecule has 1 aromatic carbocycles. The summed E-state index contributed by atoms with van der Waals surface area (Å²) in [5.74, 6) is 2.36. The molecule has 92 valence electrons. The summed E-state index contributed by atoms with van der Waals surface area (Å²) in [4.78, 5) is 15.8. The highest BCUT2D eigenvalue weighted by Gasteiger charge is 2.09. The van der Waals surface area contributed by atoms with E-state index in [1.165, 1.54) is 0 Å². The molecule has 0 aliphatic heterocycles. The minimum absolute atomic E-state index is 0.403. The summed E-state index contributed by atoms with van der Waals surface area (Å²) in [5, 5.41) is 0. The van der Waals surface area contributed by atoms with Crippen LogP contribution in [0.15, 0.2) is 24.8 Å². The fourth-order valence-electron chi connectivity index (χ4n) is 2.09. The molecule has 2 N–H and O–H groups in total. The van der Waals surface area contributed by atoms with Crippen molar-refractivity contribution >= 4 is 22.1 Å². The summed E-state index contributed by atoms with van der Waals surface area (Å²) in [5.41, 5.74) is 4.03. The van der Waals surface area contributed by atoms with Crippen molar-refractivity contribution in [3.63, 3.8) is 0 Å². The third-order valence-electron chi connectivity index (χ3n) is 3.04. The highest BCUT2D eigenvalue weighted by molar-refractivity contribution is 5.91. The highest BCUT2D eigenvalue weighted by atomic mass is 14.9. The van der Waals surface area contributed by atoms with Crippen molar-refractivity contribution in [1.82, 2.24) is 19.9 Å². The molecule has 0 saturated carbocycles. The number of aromatic nitrogens is 4. The molecule has 0 spiro atoms. The van der Waals surface area contributed by atoms with Gasteiger partial charge in [-0.05, 0) is 12.1 Å². The Morgan fingerprint density at radius 1 is 1.17 bits per heavy atom. The average molecular weight is 240 g/mol. The Balaban J connectivity index is 2.18. The zero-order valence-electron chi connectivity index (χ0n) is 10.6. The van der Waals surface area contributed by atoms with E-state index in [2.05, 4.69) is 46.4 Å². The fraction of sp³-hybridized carbons (Fsp3) is 0.286. The molecule has 3 aromatic rings. The first-order valence-corrected chi connectivity index (χ1v) is 6.16. The number of allylic oxidation sites excluding steroid dienone is 1. The first kappa shape index (κ1) is 11.0. The Morgan fingerprint density at radius 3 is 2.61 bits per heavy atom. The molecule has 4 heteroatoms. The predicted molar refractivity (Wildman–Crippen MR) is 73.7 cm³/mol. The molecule has 0 radical (unpaired) electrons. The summed E-state index contributed by atoms with van der Waals surface area (Å²) in [6.45, 7) is 7.98. The molecule has 3 rings (SSSR count). The maximum absolute atomic E-state index is 4.59. The van der Waals surface area contributed by atoms with Crippen LogP contribution in [-0.2, 0) is 6.42 Å². The Hall–Kier alpha value is -2.10. The fourth-order valence-corrected chi connectivity index (χ4v) is 2.09. The Morgan fingerprint density at radius 2 is 1.89 bits per heavy atom. The second kappa shape index (κ2) is 3.98. The van der Waals surface area contributed by atoms with Crippen molar-refractivity contribution in [2.45, 2.75) is 26.2 Å². The molecular formula is C14H16N4. The highest BCUT2D eigenvalue weighted by Crippen LogP contribution is 2.22. The van der Waals surface area contributed by atoms with E-state index in [0.29, 0.717) is 5.92 Å². The number of hydrogen-bond acceptors (Lipinski definition) is 2. The summed E-state index contributed by atoms with van der Waals surface area (Å²) in [6.07, 6.45) is 2.60. The van der Waals surface area contributed by atoms with Gasteiger partial charge in [0.15, 0.2) is 0 Å². The second-order valence-electron chi connectivity index (χ2n) is 4.84. The van der Waals surface area contributed by atoms with Crippen LogP contribution in [-0.4, -0.2) is 19.9 Å². The zero-order chi connectivity index (χ0) is 12.7. The van der Waals surface area contributed by atoms with Crippen LogP contribution < -0.4 is 0 Å². The standard InChI is InChI=1S/C14H16N4/c1-4-5-13-15-9-6-11-12(7-10(9)16-13)18-14(17-11)8(2)3/h4,6-8H,1,5H2,2-3H3,(H,15,16)(H,17,18). The zero-order valence-corrected chi connectivity index (χ0v) is 10.6. The number of H-pyrrole nitrogens is 2. The molecule has 0 amide bonds. The molecule has 0 bridgehead atoms. The van der Waals surface area contributed by atoms with Crippen molar-refractivity contribution in [1.29, 1.82) is 0 Å². The Labute approximate surface area is 105 Å². The molecule has 0 saturated heterocycles. The molecule has 4 nitrogen and oxygen atoms in total. The van der Waals surface area contributed by atoms with Crippen molar-refractivity contribution in [2.24, 2.45) is 0 Å². The van der Waals surface area contributed by atoms with Gasteiger partial charge in [0.2, 0.25) is 0 Å². The van der Waals surface area contributed by atoms with Crippen LogP contribution >= 0.6 is 0 Å². The van der Waals surface area contributed by atoms with E-state index in [1.807, 2.05) is 12.1 Å². The maximum Gasteiger partial charge on any atom is 0.111 e. The first-order valence-electron chi connectivity index (χ1n) is 6.16. The average Bonchev–Trinajstić information content (AvgIpc) is 2.88. The third kappa shape index (κ3) is 1.70. The van der Waals surface area contributed by atoms with E-state index < -0.39 is 0 Å². The maximum atomic E-state index is 4.59. The largest absolute Gasteiger partial charge is 0.342 e. The minimum Gasteiger partial charge on any atom is -0.342 e. The van der Waals surface area contributed by atoms with Gasteiger partial charge in [0.1, 0.15) is 11.6 Å². The van der Waals surface area contributed by atoms with Gasteiger partial charge < -0.3 is 9.97 Å². The monoisotopic (exact) mass is 240 g/mol. The van der Waals surface area contributed by atoms with Gasteiger partial charge in [0.25, 0.3) is 0 Å². The molecule has 2 heterocycles. The van der Waals surface area contributed by atoms with Crippen LogP contribution in [0.25, 0.3) is 22.1 Å². The van der Waals surface area contributed by atoms with Crippen LogP contribution in [0.2, 0.25) is 0 Å². The molecule has 0 fully saturated rings. The lowest BCUT2D eigenvalue weighted by molar-refractivity contribution is 0.799. The molecule has 0 atom stereocenters. The normalized spacial score (nSPS) is 11.7. The molecule has 0 unspecified atom stereocenters. The van der Waals surface area contributed by atoms with Crippen LogP contribution in [0, 0.1) is 0 Å². The van der Waals surface area contributed by atoms with E-state index in [1.54, 1.807) is 0 Å². The number of rotatable bonds is 3. The van der Waals surface area contributed by atoms with Crippen LogP contribution in [0.1, 0.15) is 31.4 Å². The van der Waals surface area contributed by atoms with Gasteiger partial charge in [-0.3, -0.25) is 0 Å². The molecule has 0 aliphatic rings. The van der Waals surface area contributed by atoms with Crippen molar-refractivity contribution < 1.29 is 0 Å². The van der Waals surface area contributed by atoms with Gasteiger partial charge in [-0.15, -0.1) is 6.58 Å². The summed E-state index contributed by atoms with van der Waals surface area (Å²) in [6, 6.07) is 4.10. The first-order chi connectivity index (χ1) is 8.67. The van der Waals surface area contributed by atoms with Crippen molar-refractivity contribution in [2.75, 3.05) is 0 Å². The lowest BCUT2D eigenvalue weighted by atomic mass is 10.2. The predicted octanol–water partition coefficient (Wildman–Crippen LogP) is 3.29. The number of nitrogens with one attached hydrogen (secondary N) is 2. The van der Waals surface area contributed by atoms with E-state index in [9.17, 15) is 0 Å². The van der Waals surface area contributed by atoms with E-state index in [4.69, 9.17) is 0 Å². The summed E-state index contributed by atoms with van der Waals surface area (Å²) in [7, 11) is 0. The number of fused-ring (bicyclic) bond motifs is 2. The molecule has 18 heavy (non-hydrogen) atoms. The van der Waals surface area contributed by atoms with E-state index in [0.717, 1.165) is 40.1 Å². The molecule has 2 aromatic heterocycles. The summed E-state index contributed by atoms with van der Waals surface area (Å²) < 4.78 is 0. The second-order valence-corrected chi connectivity index (χ2v) is 4.84. The van der Waals surface area contributed by atoms with Gasteiger partial charge in [0.05, 0.1) is 22.1 Å². The van der Waals surface area contributed by atoms with E-state index >= 15 is 0 Å². The number of benzene rings is 1. The van der Waals surface area contributed by atoms with Crippen LogP contribution in [0.4, 0.5) is 0 Å². The number of aromatic amines is 2. The lowest BCUT2D eigenvalue weighted by Crippen LogP contribution is -1.88. The molecule has 0 aliphatic carbocycles. The van der Waals surface area contributed by atoms with Gasteiger partial charge in [-0.2, -0.15) is 0 Å². The smallest absolute Gasteiger partial charge is 0.111 e. The van der Waals surface area contributed by atoms with Gasteiger partial charge in [0, 0.05) is 12.3 Å². The Bertz CT molecular complexity index is 667. The van der Waals surface area contributed by atoms with Gasteiger partial charge in [-0.25, -0.2) is 9.97 Å². The number of hydrogen-bond donors (Lipinski definition) is 2. The Kier molecular flexibility index (Phi) is 2.44. The van der Waals surface area contributed by atoms with Gasteiger partial charge in [-0.1, -0.05) is 19.9 Å². The minimum atomic E-state index is 0.403.